The van der Waals surface area contributed by atoms with Crippen LogP contribution in [0.2, 0.25) is 0 Å². The van der Waals surface area contributed by atoms with Crippen molar-refractivity contribution in [2.45, 2.75) is 24.2 Å². The molecule has 1 atom stereocenters. The Morgan fingerprint density at radius 3 is 2.65 bits per heavy atom. The first-order chi connectivity index (χ1) is 12.7. The molecule has 0 amide bonds. The molecule has 3 N–H and O–H groups in total. The van der Waals surface area contributed by atoms with Gasteiger partial charge in [-0.3, -0.25) is 0 Å². The van der Waals surface area contributed by atoms with Gasteiger partial charge in [0.15, 0.2) is 0 Å². The Labute approximate surface area is 165 Å². The lowest BCUT2D eigenvalue weighted by atomic mass is 9.87. The Kier molecular flexibility index (Phi) is 8.39. The number of halogens is 1. The van der Waals surface area contributed by atoms with Gasteiger partial charge in [0.2, 0.25) is 0 Å². The van der Waals surface area contributed by atoms with Crippen LogP contribution in [0.3, 0.4) is 0 Å². The molecular formula is C23H27BrN2. The van der Waals surface area contributed by atoms with Crippen molar-refractivity contribution in [3.05, 3.63) is 102 Å². The maximum atomic E-state index is 6.33. The van der Waals surface area contributed by atoms with Crippen LogP contribution in [-0.2, 0) is 5.33 Å². The highest BCUT2D eigenvalue weighted by Crippen LogP contribution is 2.29. The van der Waals surface area contributed by atoms with Gasteiger partial charge in [-0.2, -0.15) is 0 Å². The molecule has 1 aliphatic carbocycles. The highest BCUT2D eigenvalue weighted by Gasteiger charge is 2.16. The summed E-state index contributed by atoms with van der Waals surface area (Å²) in [6.07, 6.45) is 16.1. The first-order valence-electron chi connectivity index (χ1n) is 8.81. The van der Waals surface area contributed by atoms with E-state index in [1.54, 1.807) is 12.2 Å². The van der Waals surface area contributed by atoms with E-state index in [2.05, 4.69) is 83.0 Å². The first-order valence-corrected chi connectivity index (χ1v) is 9.94. The Morgan fingerprint density at radius 2 is 2.00 bits per heavy atom. The topological polar surface area (TPSA) is 38.0 Å². The number of dihydropyridines is 1. The number of allylic oxidation sites excluding steroid dienone is 6. The van der Waals surface area contributed by atoms with Crippen molar-refractivity contribution < 1.29 is 0 Å². The molecule has 0 bridgehead atoms. The summed E-state index contributed by atoms with van der Waals surface area (Å²) in [5, 5.41) is 4.06. The number of benzene rings is 1. The van der Waals surface area contributed by atoms with Crippen LogP contribution in [0.5, 0.6) is 0 Å². The zero-order chi connectivity index (χ0) is 18.8. The maximum Gasteiger partial charge on any atom is 0.0336 e. The molecule has 0 fully saturated rings. The fourth-order valence-electron chi connectivity index (χ4n) is 2.88. The molecule has 2 nitrogen and oxygen atoms in total. The van der Waals surface area contributed by atoms with Crippen molar-refractivity contribution in [3.63, 3.8) is 0 Å². The van der Waals surface area contributed by atoms with Gasteiger partial charge in [0, 0.05) is 17.9 Å². The summed E-state index contributed by atoms with van der Waals surface area (Å²) in [5.41, 5.74) is 12.8. The molecule has 1 unspecified atom stereocenters. The fraction of sp³-hybridized carbons (Fsp3) is 0.217. The summed E-state index contributed by atoms with van der Waals surface area (Å²) >= 11 is 3.53. The Balaban J connectivity index is 0.000000552. The molecule has 0 saturated carbocycles. The number of nitrogens with one attached hydrogen (secondary N) is 1. The fourth-order valence-corrected chi connectivity index (χ4v) is 3.23. The Morgan fingerprint density at radius 1 is 1.19 bits per heavy atom. The second-order valence-corrected chi connectivity index (χ2v) is 6.78. The number of alkyl halides is 1. The van der Waals surface area contributed by atoms with Crippen LogP contribution in [0.15, 0.2) is 91.2 Å². The van der Waals surface area contributed by atoms with Crippen molar-refractivity contribution in [2.24, 2.45) is 5.73 Å². The molecule has 0 spiro atoms. The van der Waals surface area contributed by atoms with Crippen LogP contribution >= 0.6 is 15.9 Å². The minimum absolute atomic E-state index is 0.0897. The van der Waals surface area contributed by atoms with Gasteiger partial charge in [0.05, 0.1) is 0 Å². The van der Waals surface area contributed by atoms with Gasteiger partial charge in [-0.15, -0.1) is 0 Å². The van der Waals surface area contributed by atoms with Crippen LogP contribution < -0.4 is 11.1 Å². The summed E-state index contributed by atoms with van der Waals surface area (Å²) < 4.78 is 0. The second kappa shape index (κ2) is 10.8. The van der Waals surface area contributed by atoms with Gasteiger partial charge in [0.1, 0.15) is 0 Å². The van der Waals surface area contributed by atoms with Gasteiger partial charge < -0.3 is 11.1 Å². The average molecular weight is 411 g/mol. The lowest BCUT2D eigenvalue weighted by Gasteiger charge is -2.22. The first kappa shape index (κ1) is 20.2. The van der Waals surface area contributed by atoms with Crippen molar-refractivity contribution >= 4 is 21.5 Å². The molecule has 1 aromatic rings. The van der Waals surface area contributed by atoms with E-state index < -0.39 is 0 Å². The molecule has 1 aliphatic heterocycles. The average Bonchev–Trinajstić information content (AvgIpc) is 2.70. The molecule has 0 aromatic heterocycles. The highest BCUT2D eigenvalue weighted by molar-refractivity contribution is 9.08. The monoisotopic (exact) mass is 410 g/mol. The van der Waals surface area contributed by atoms with Gasteiger partial charge in [0.25, 0.3) is 0 Å². The third-order valence-corrected chi connectivity index (χ3v) is 4.91. The van der Waals surface area contributed by atoms with Gasteiger partial charge >= 0.3 is 0 Å². The zero-order valence-corrected chi connectivity index (χ0v) is 16.7. The van der Waals surface area contributed by atoms with E-state index in [9.17, 15) is 0 Å². The summed E-state index contributed by atoms with van der Waals surface area (Å²) in [7, 11) is 0. The van der Waals surface area contributed by atoms with E-state index in [4.69, 9.17) is 5.73 Å². The van der Waals surface area contributed by atoms with E-state index in [0.717, 1.165) is 24.7 Å². The quantitative estimate of drug-likeness (QED) is 0.502. The molecule has 26 heavy (non-hydrogen) atoms. The largest absolute Gasteiger partial charge is 0.387 e. The molecule has 2 aliphatic rings. The van der Waals surface area contributed by atoms with Crippen LogP contribution in [0, 0.1) is 0 Å². The second-order valence-electron chi connectivity index (χ2n) is 6.22. The number of hydrogen-bond donors (Lipinski definition) is 2. The highest BCUT2D eigenvalue weighted by atomic mass is 79.9. The van der Waals surface area contributed by atoms with Crippen LogP contribution in [0.4, 0.5) is 0 Å². The lowest BCUT2D eigenvalue weighted by Crippen LogP contribution is -2.23. The standard InChI is InChI=1S/C19H21BrN2.C4H6/c20-13-16-2-1-3-17(11-16)18-12-15(4-5-19(18)21)10-14-6-8-22-9-7-14;1-3-4-2/h1-4,6-8,11-12,19,22H,5,9-10,13,21H2;3-4H,1-2H2. The molecule has 3 heteroatoms. The summed E-state index contributed by atoms with van der Waals surface area (Å²) in [6, 6.07) is 8.72. The lowest BCUT2D eigenvalue weighted by molar-refractivity contribution is 0.831. The minimum atomic E-state index is 0.0897. The predicted octanol–water partition coefficient (Wildman–Crippen LogP) is 5.41. The van der Waals surface area contributed by atoms with E-state index in [1.807, 2.05) is 6.20 Å². The number of hydrogen-bond acceptors (Lipinski definition) is 2. The third-order valence-electron chi connectivity index (χ3n) is 4.26. The molecule has 1 heterocycles. The third kappa shape index (κ3) is 6.01. The number of nitrogens with two attached hydrogens (primary N) is 1. The van der Waals surface area contributed by atoms with Crippen molar-refractivity contribution in [3.8, 4) is 0 Å². The van der Waals surface area contributed by atoms with Crippen molar-refractivity contribution in [2.75, 3.05) is 6.54 Å². The molecule has 0 radical (unpaired) electrons. The molecule has 136 valence electrons. The normalized spacial score (nSPS) is 18.4. The van der Waals surface area contributed by atoms with Crippen molar-refractivity contribution in [1.29, 1.82) is 0 Å². The maximum absolute atomic E-state index is 6.33. The smallest absolute Gasteiger partial charge is 0.0336 e. The molecule has 1 aromatic carbocycles. The SMILES string of the molecule is C=CC=C.NC1CC=C(CC2=CCNC=C2)C=C1c1cccc(CBr)c1. The Hall–Kier alpha value is -2.10. The van der Waals surface area contributed by atoms with E-state index >= 15 is 0 Å². The van der Waals surface area contributed by atoms with Gasteiger partial charge in [-0.1, -0.05) is 83.7 Å². The summed E-state index contributed by atoms with van der Waals surface area (Å²) in [5.74, 6) is 0. The molecule has 0 saturated heterocycles. The van der Waals surface area contributed by atoms with Crippen LogP contribution in [0.25, 0.3) is 5.57 Å². The van der Waals surface area contributed by atoms with Gasteiger partial charge in [-0.25, -0.2) is 0 Å². The molecular weight excluding hydrogens is 384 g/mol. The molecule has 3 rings (SSSR count). The predicted molar refractivity (Wildman–Crippen MR) is 118 cm³/mol. The van der Waals surface area contributed by atoms with E-state index in [-0.39, 0.29) is 6.04 Å². The van der Waals surface area contributed by atoms with Crippen LogP contribution in [-0.4, -0.2) is 12.6 Å². The van der Waals surface area contributed by atoms with Crippen LogP contribution in [0.1, 0.15) is 24.0 Å². The van der Waals surface area contributed by atoms with Gasteiger partial charge in [-0.05, 0) is 53.0 Å². The van der Waals surface area contributed by atoms with E-state index in [1.165, 1.54) is 27.8 Å². The summed E-state index contributed by atoms with van der Waals surface area (Å²) in [6.45, 7) is 7.64. The van der Waals surface area contributed by atoms with E-state index in [0.29, 0.717) is 0 Å². The number of rotatable bonds is 5. The zero-order valence-electron chi connectivity index (χ0n) is 15.1. The summed E-state index contributed by atoms with van der Waals surface area (Å²) in [4.78, 5) is 0. The minimum Gasteiger partial charge on any atom is -0.387 e. The van der Waals surface area contributed by atoms with Crippen molar-refractivity contribution in [1.82, 2.24) is 5.32 Å². The Bertz CT molecular complexity index is 747.